The molecule has 0 amide bonds. The first-order valence-corrected chi connectivity index (χ1v) is 13.6. The molecule has 0 fully saturated rings. The maximum Gasteiger partial charge on any atom is 0.150 e. The number of anilines is 3. The average Bonchev–Trinajstić information content (AvgIpc) is 3.18. The van der Waals surface area contributed by atoms with Crippen LogP contribution in [0, 0.1) is 0 Å². The Morgan fingerprint density at radius 2 is 1.18 bits per heavy atom. The number of benzene rings is 5. The molecule has 2 heteroatoms. The van der Waals surface area contributed by atoms with Crippen LogP contribution in [0.4, 0.5) is 17.1 Å². The van der Waals surface area contributed by atoms with Gasteiger partial charge in [0.2, 0.25) is 0 Å². The van der Waals surface area contributed by atoms with Gasteiger partial charge in [0, 0.05) is 22.1 Å². The van der Waals surface area contributed by atoms with E-state index in [1.807, 2.05) is 24.3 Å². The van der Waals surface area contributed by atoms with Crippen molar-refractivity contribution in [1.82, 2.24) is 0 Å². The van der Waals surface area contributed by atoms with E-state index in [2.05, 4.69) is 118 Å². The molecular formula is C37H31NO. The Morgan fingerprint density at radius 3 is 1.92 bits per heavy atom. The van der Waals surface area contributed by atoms with Gasteiger partial charge in [-0.3, -0.25) is 4.79 Å². The first kappa shape index (κ1) is 23.7. The zero-order valence-corrected chi connectivity index (χ0v) is 22.8. The topological polar surface area (TPSA) is 20.3 Å². The lowest BCUT2D eigenvalue weighted by molar-refractivity contribution is 0.112. The highest BCUT2D eigenvalue weighted by Crippen LogP contribution is 2.57. The van der Waals surface area contributed by atoms with Crippen molar-refractivity contribution in [1.29, 1.82) is 0 Å². The lowest BCUT2D eigenvalue weighted by atomic mass is 9.72. The van der Waals surface area contributed by atoms with Crippen LogP contribution in [0.2, 0.25) is 0 Å². The van der Waals surface area contributed by atoms with E-state index in [0.717, 1.165) is 11.8 Å². The summed E-state index contributed by atoms with van der Waals surface area (Å²) in [6, 6.07) is 39.2. The Morgan fingerprint density at radius 1 is 0.538 bits per heavy atom. The van der Waals surface area contributed by atoms with Crippen LogP contribution in [0.1, 0.15) is 60.3 Å². The minimum absolute atomic E-state index is 0.139. The Kier molecular flexibility index (Phi) is 5.03. The van der Waals surface area contributed by atoms with E-state index in [4.69, 9.17) is 0 Å². The van der Waals surface area contributed by atoms with Crippen molar-refractivity contribution in [2.45, 2.75) is 38.5 Å². The third-order valence-corrected chi connectivity index (χ3v) is 8.92. The van der Waals surface area contributed by atoms with Crippen LogP contribution in [0.3, 0.4) is 0 Å². The maximum absolute atomic E-state index is 11.2. The van der Waals surface area contributed by atoms with Crippen molar-refractivity contribution < 1.29 is 4.79 Å². The molecule has 190 valence electrons. The van der Waals surface area contributed by atoms with Gasteiger partial charge in [0.25, 0.3) is 0 Å². The number of hydrogen-bond acceptors (Lipinski definition) is 2. The van der Waals surface area contributed by atoms with Gasteiger partial charge in [-0.2, -0.15) is 0 Å². The van der Waals surface area contributed by atoms with Crippen molar-refractivity contribution in [2.24, 2.45) is 0 Å². The molecule has 0 atom stereocenters. The molecule has 0 saturated carbocycles. The normalized spacial score (nSPS) is 15.6. The molecule has 5 aromatic carbocycles. The number of fused-ring (bicyclic) bond motifs is 5. The summed E-state index contributed by atoms with van der Waals surface area (Å²) in [5, 5.41) is 0. The van der Waals surface area contributed by atoms with Crippen LogP contribution in [0.15, 0.2) is 109 Å². The summed E-state index contributed by atoms with van der Waals surface area (Å²) >= 11 is 0. The summed E-state index contributed by atoms with van der Waals surface area (Å²) in [5.41, 5.74) is 14.4. The molecular weight excluding hydrogens is 474 g/mol. The number of aldehydes is 1. The number of carbonyl (C=O) groups excluding carboxylic acids is 1. The summed E-state index contributed by atoms with van der Waals surface area (Å²) in [5.74, 6) is 0. The third kappa shape index (κ3) is 3.37. The first-order chi connectivity index (χ1) is 18.8. The number of nitrogens with zero attached hydrogens (tertiary/aromatic N) is 1. The van der Waals surface area contributed by atoms with Crippen LogP contribution < -0.4 is 4.90 Å². The molecule has 1 aliphatic heterocycles. The smallest absolute Gasteiger partial charge is 0.150 e. The predicted molar refractivity (Wildman–Crippen MR) is 162 cm³/mol. The summed E-state index contributed by atoms with van der Waals surface area (Å²) in [6.07, 6.45) is 0.895. The standard InChI is InChI=1S/C37H31NO/c1-36(2)30-12-8-9-13-34(30)38(27-10-6-5-7-11-27)35-22-32-29(21-33(35)36)28-19-18-26(20-31(28)37(32,3)4)25-16-14-24(23-39)15-17-25/h5-23H,1-4H3. The van der Waals surface area contributed by atoms with Gasteiger partial charge in [0.1, 0.15) is 6.29 Å². The largest absolute Gasteiger partial charge is 0.310 e. The number of carbonyl (C=O) groups is 1. The molecule has 1 heterocycles. The van der Waals surface area contributed by atoms with Gasteiger partial charge in [-0.15, -0.1) is 0 Å². The van der Waals surface area contributed by atoms with Gasteiger partial charge >= 0.3 is 0 Å². The van der Waals surface area contributed by atoms with Crippen molar-refractivity contribution in [3.8, 4) is 22.3 Å². The third-order valence-electron chi connectivity index (χ3n) is 8.92. The summed E-state index contributed by atoms with van der Waals surface area (Å²) < 4.78 is 0. The zero-order chi connectivity index (χ0) is 26.9. The number of hydrogen-bond donors (Lipinski definition) is 0. The Bertz CT molecular complexity index is 1760. The first-order valence-electron chi connectivity index (χ1n) is 13.6. The highest BCUT2D eigenvalue weighted by Gasteiger charge is 2.42. The van der Waals surface area contributed by atoms with E-state index in [-0.39, 0.29) is 10.8 Å². The van der Waals surface area contributed by atoms with Crippen molar-refractivity contribution in [3.63, 3.8) is 0 Å². The van der Waals surface area contributed by atoms with Crippen LogP contribution in [0.5, 0.6) is 0 Å². The highest BCUT2D eigenvalue weighted by molar-refractivity contribution is 5.92. The van der Waals surface area contributed by atoms with Crippen LogP contribution in [-0.2, 0) is 10.8 Å². The van der Waals surface area contributed by atoms with E-state index in [0.29, 0.717) is 5.56 Å². The van der Waals surface area contributed by atoms with Crippen molar-refractivity contribution in [3.05, 3.63) is 137 Å². The lowest BCUT2D eigenvalue weighted by Gasteiger charge is -2.42. The molecule has 0 bridgehead atoms. The van der Waals surface area contributed by atoms with Crippen molar-refractivity contribution >= 4 is 23.3 Å². The minimum atomic E-state index is -0.151. The fourth-order valence-electron chi connectivity index (χ4n) is 6.72. The van der Waals surface area contributed by atoms with Gasteiger partial charge in [-0.25, -0.2) is 0 Å². The molecule has 0 unspecified atom stereocenters. The van der Waals surface area contributed by atoms with Gasteiger partial charge in [0.15, 0.2) is 0 Å². The quantitative estimate of drug-likeness (QED) is 0.228. The molecule has 2 aliphatic rings. The highest BCUT2D eigenvalue weighted by atomic mass is 16.1. The molecule has 1 aliphatic carbocycles. The van der Waals surface area contributed by atoms with E-state index in [9.17, 15) is 4.79 Å². The SMILES string of the molecule is CC1(C)c2cc(-c3ccc(C=O)cc3)ccc2-c2cc3c(cc21)N(c1ccccc1)c1ccccc1C3(C)C. The molecule has 2 nitrogen and oxygen atoms in total. The van der Waals surface area contributed by atoms with Gasteiger partial charge in [-0.05, 0) is 80.9 Å². The van der Waals surface area contributed by atoms with Gasteiger partial charge in [-0.1, -0.05) is 100 Å². The molecule has 7 rings (SSSR count). The molecule has 0 spiro atoms. The Labute approximate surface area is 230 Å². The van der Waals surface area contributed by atoms with E-state index < -0.39 is 0 Å². The fraction of sp³-hybridized carbons (Fsp3) is 0.162. The lowest BCUT2D eigenvalue weighted by Crippen LogP contribution is -2.31. The maximum atomic E-state index is 11.2. The molecule has 0 radical (unpaired) electrons. The number of para-hydroxylation sites is 2. The molecule has 0 aromatic heterocycles. The van der Waals surface area contributed by atoms with Crippen LogP contribution in [0.25, 0.3) is 22.3 Å². The average molecular weight is 506 g/mol. The molecule has 39 heavy (non-hydrogen) atoms. The Hall–Kier alpha value is -4.43. The minimum Gasteiger partial charge on any atom is -0.310 e. The van der Waals surface area contributed by atoms with E-state index >= 15 is 0 Å². The van der Waals surface area contributed by atoms with Gasteiger partial charge < -0.3 is 4.90 Å². The van der Waals surface area contributed by atoms with E-state index in [1.54, 1.807) is 0 Å². The summed E-state index contributed by atoms with van der Waals surface area (Å²) in [7, 11) is 0. The zero-order valence-electron chi connectivity index (χ0n) is 22.8. The predicted octanol–water partition coefficient (Wildman–Crippen LogP) is 9.58. The summed E-state index contributed by atoms with van der Waals surface area (Å²) in [4.78, 5) is 13.6. The van der Waals surface area contributed by atoms with Crippen molar-refractivity contribution in [2.75, 3.05) is 4.90 Å². The second-order valence-electron chi connectivity index (χ2n) is 11.9. The summed E-state index contributed by atoms with van der Waals surface area (Å²) in [6.45, 7) is 9.40. The second-order valence-corrected chi connectivity index (χ2v) is 11.9. The van der Waals surface area contributed by atoms with Crippen LogP contribution >= 0.6 is 0 Å². The fourth-order valence-corrected chi connectivity index (χ4v) is 6.72. The molecule has 5 aromatic rings. The monoisotopic (exact) mass is 505 g/mol. The molecule has 0 saturated heterocycles. The second kappa shape index (κ2) is 8.28. The Balaban J connectivity index is 1.44. The molecule has 0 N–H and O–H groups in total. The van der Waals surface area contributed by atoms with E-state index in [1.165, 1.54) is 56.0 Å². The van der Waals surface area contributed by atoms with Gasteiger partial charge in [0.05, 0.1) is 11.4 Å². The number of rotatable bonds is 3. The van der Waals surface area contributed by atoms with Crippen LogP contribution in [-0.4, -0.2) is 6.29 Å².